The number of hydrogen-bond donors (Lipinski definition) is 1. The Morgan fingerprint density at radius 2 is 1.90 bits per heavy atom. The lowest BCUT2D eigenvalue weighted by Gasteiger charge is -2.23. The summed E-state index contributed by atoms with van der Waals surface area (Å²) in [6.07, 6.45) is 3.32. The monoisotopic (exact) mass is 392 g/mol. The topological polar surface area (TPSA) is 58.6 Å². The lowest BCUT2D eigenvalue weighted by atomic mass is 10.0. The molecule has 29 heavy (non-hydrogen) atoms. The van der Waals surface area contributed by atoms with Gasteiger partial charge in [-0.3, -0.25) is 9.59 Å². The molecule has 1 N–H and O–H groups in total. The molecule has 1 aliphatic carbocycles. The quantitative estimate of drug-likeness (QED) is 0.766. The Balaban J connectivity index is 1.37. The maximum atomic E-state index is 12.9. The van der Waals surface area contributed by atoms with Crippen molar-refractivity contribution in [3.8, 4) is 5.75 Å². The fraction of sp³-hybridized carbons (Fsp3) is 0.417. The Morgan fingerprint density at radius 3 is 2.59 bits per heavy atom. The van der Waals surface area contributed by atoms with Crippen LogP contribution in [0, 0.1) is 0 Å². The largest absolute Gasteiger partial charge is 0.484 e. The third kappa shape index (κ3) is 4.78. The Kier molecular flexibility index (Phi) is 5.56. The molecular formula is C24H28N2O3. The normalized spacial score (nSPS) is 15.6. The van der Waals surface area contributed by atoms with E-state index in [9.17, 15) is 9.59 Å². The molecule has 0 bridgehead atoms. The number of nitrogens with zero attached hydrogens (tertiary/aromatic N) is 1. The van der Waals surface area contributed by atoms with Crippen molar-refractivity contribution in [2.24, 2.45) is 0 Å². The molecule has 0 atom stereocenters. The molecule has 5 nitrogen and oxygen atoms in total. The highest BCUT2D eigenvalue weighted by molar-refractivity contribution is 5.94. The zero-order valence-corrected chi connectivity index (χ0v) is 17.1. The SMILES string of the molecule is CC(C)c1ccc(CN(C(=O)COc2ccc3c(c2)CCC(=O)N3)C2CC2)cc1. The van der Waals surface area contributed by atoms with Crippen molar-refractivity contribution in [2.45, 2.75) is 58.0 Å². The fourth-order valence-electron chi connectivity index (χ4n) is 3.69. The summed E-state index contributed by atoms with van der Waals surface area (Å²) in [4.78, 5) is 26.3. The lowest BCUT2D eigenvalue weighted by Crippen LogP contribution is -2.36. The van der Waals surface area contributed by atoms with Gasteiger partial charge in [-0.15, -0.1) is 0 Å². The van der Waals surface area contributed by atoms with Crippen molar-refractivity contribution < 1.29 is 14.3 Å². The van der Waals surface area contributed by atoms with E-state index >= 15 is 0 Å². The Morgan fingerprint density at radius 1 is 1.14 bits per heavy atom. The molecule has 1 aliphatic heterocycles. The van der Waals surface area contributed by atoms with Gasteiger partial charge in [0.15, 0.2) is 6.61 Å². The number of aryl methyl sites for hydroxylation is 1. The summed E-state index contributed by atoms with van der Waals surface area (Å²) in [7, 11) is 0. The number of hydrogen-bond acceptors (Lipinski definition) is 3. The van der Waals surface area contributed by atoms with E-state index in [0.29, 0.717) is 37.1 Å². The van der Waals surface area contributed by atoms with E-state index in [-0.39, 0.29) is 18.4 Å². The molecule has 2 aromatic carbocycles. The van der Waals surface area contributed by atoms with Gasteiger partial charge in [-0.25, -0.2) is 0 Å². The first kappa shape index (κ1) is 19.5. The second kappa shape index (κ2) is 8.27. The van der Waals surface area contributed by atoms with Crippen molar-refractivity contribution in [1.29, 1.82) is 0 Å². The fourth-order valence-corrected chi connectivity index (χ4v) is 3.69. The molecule has 0 aromatic heterocycles. The van der Waals surface area contributed by atoms with Crippen molar-refractivity contribution in [3.63, 3.8) is 0 Å². The maximum absolute atomic E-state index is 12.9. The third-order valence-corrected chi connectivity index (χ3v) is 5.64. The maximum Gasteiger partial charge on any atom is 0.261 e. The molecule has 1 saturated carbocycles. The van der Waals surface area contributed by atoms with Gasteiger partial charge in [0.2, 0.25) is 5.91 Å². The van der Waals surface area contributed by atoms with Gasteiger partial charge in [0, 0.05) is 24.7 Å². The molecule has 0 radical (unpaired) electrons. The van der Waals surface area contributed by atoms with Gasteiger partial charge >= 0.3 is 0 Å². The first-order chi connectivity index (χ1) is 14.0. The minimum atomic E-state index is 0.0199. The van der Waals surface area contributed by atoms with Crippen LogP contribution < -0.4 is 10.1 Å². The summed E-state index contributed by atoms with van der Waals surface area (Å²) in [6.45, 7) is 5.02. The van der Waals surface area contributed by atoms with Crippen molar-refractivity contribution in [2.75, 3.05) is 11.9 Å². The molecule has 2 amide bonds. The summed E-state index contributed by atoms with van der Waals surface area (Å²) in [5.74, 6) is 1.24. The van der Waals surface area contributed by atoms with Crippen LogP contribution in [-0.4, -0.2) is 29.4 Å². The number of anilines is 1. The highest BCUT2D eigenvalue weighted by Gasteiger charge is 2.32. The van der Waals surface area contributed by atoms with Crippen LogP contribution in [0.1, 0.15) is 55.7 Å². The van der Waals surface area contributed by atoms with Gasteiger partial charge in [0.25, 0.3) is 5.91 Å². The van der Waals surface area contributed by atoms with Crippen LogP contribution in [0.4, 0.5) is 5.69 Å². The van der Waals surface area contributed by atoms with Crippen LogP contribution in [0.3, 0.4) is 0 Å². The van der Waals surface area contributed by atoms with Crippen LogP contribution in [-0.2, 0) is 22.6 Å². The predicted molar refractivity (Wildman–Crippen MR) is 113 cm³/mol. The molecule has 1 heterocycles. The Hall–Kier alpha value is -2.82. The number of rotatable bonds is 7. The molecule has 0 saturated heterocycles. The number of amides is 2. The summed E-state index contributed by atoms with van der Waals surface area (Å²) < 4.78 is 5.80. The van der Waals surface area contributed by atoms with Crippen LogP contribution >= 0.6 is 0 Å². The van der Waals surface area contributed by atoms with Crippen LogP contribution in [0.5, 0.6) is 5.75 Å². The average Bonchev–Trinajstić information content (AvgIpc) is 3.55. The van der Waals surface area contributed by atoms with E-state index < -0.39 is 0 Å². The van der Waals surface area contributed by atoms with E-state index in [1.807, 2.05) is 23.1 Å². The molecule has 1 fully saturated rings. The van der Waals surface area contributed by atoms with Gasteiger partial charge in [0.1, 0.15) is 5.75 Å². The average molecular weight is 392 g/mol. The van der Waals surface area contributed by atoms with Gasteiger partial charge in [-0.1, -0.05) is 38.1 Å². The van der Waals surface area contributed by atoms with Crippen molar-refractivity contribution in [1.82, 2.24) is 4.90 Å². The molecule has 5 heteroatoms. The van der Waals surface area contributed by atoms with Gasteiger partial charge in [-0.05, 0) is 60.1 Å². The molecule has 0 unspecified atom stereocenters. The highest BCUT2D eigenvalue weighted by Crippen LogP contribution is 2.30. The van der Waals surface area contributed by atoms with E-state index in [1.165, 1.54) is 5.56 Å². The summed E-state index contributed by atoms with van der Waals surface area (Å²) in [5, 5.41) is 2.86. The number of carbonyl (C=O) groups is 2. The van der Waals surface area contributed by atoms with Crippen LogP contribution in [0.25, 0.3) is 0 Å². The standard InChI is InChI=1S/C24H28N2O3/c1-16(2)18-5-3-17(4-6-18)14-26(20-8-9-20)24(28)15-29-21-10-11-22-19(13-21)7-12-23(27)25-22/h3-6,10-11,13,16,20H,7-9,12,14-15H2,1-2H3,(H,25,27). The highest BCUT2D eigenvalue weighted by atomic mass is 16.5. The second-order valence-electron chi connectivity index (χ2n) is 8.30. The first-order valence-corrected chi connectivity index (χ1v) is 10.4. The van der Waals surface area contributed by atoms with Crippen molar-refractivity contribution in [3.05, 3.63) is 59.2 Å². The van der Waals surface area contributed by atoms with Crippen molar-refractivity contribution >= 4 is 17.5 Å². The van der Waals surface area contributed by atoms with E-state index in [2.05, 4.69) is 43.4 Å². The first-order valence-electron chi connectivity index (χ1n) is 10.4. The molecule has 152 valence electrons. The number of ether oxygens (including phenoxy) is 1. The number of carbonyl (C=O) groups excluding carboxylic acids is 2. The second-order valence-corrected chi connectivity index (χ2v) is 8.30. The number of fused-ring (bicyclic) bond motifs is 1. The zero-order valence-electron chi connectivity index (χ0n) is 17.1. The molecule has 2 aromatic rings. The predicted octanol–water partition coefficient (Wildman–Crippen LogP) is 4.26. The van der Waals surface area contributed by atoms with E-state index in [4.69, 9.17) is 4.74 Å². The Bertz CT molecular complexity index is 901. The van der Waals surface area contributed by atoms with E-state index in [0.717, 1.165) is 29.7 Å². The van der Waals surface area contributed by atoms with Gasteiger partial charge < -0.3 is 15.0 Å². The van der Waals surface area contributed by atoms with Crippen LogP contribution in [0.15, 0.2) is 42.5 Å². The van der Waals surface area contributed by atoms with E-state index in [1.54, 1.807) is 0 Å². The molecule has 2 aliphatic rings. The lowest BCUT2D eigenvalue weighted by molar-refractivity contribution is -0.134. The smallest absolute Gasteiger partial charge is 0.261 e. The van der Waals surface area contributed by atoms with Crippen LogP contribution in [0.2, 0.25) is 0 Å². The molecule has 4 rings (SSSR count). The minimum Gasteiger partial charge on any atom is -0.484 e. The zero-order chi connectivity index (χ0) is 20.4. The van der Waals surface area contributed by atoms with Gasteiger partial charge in [-0.2, -0.15) is 0 Å². The Labute approximate surface area is 172 Å². The third-order valence-electron chi connectivity index (χ3n) is 5.64. The summed E-state index contributed by atoms with van der Waals surface area (Å²) >= 11 is 0. The number of nitrogens with one attached hydrogen (secondary N) is 1. The molecule has 0 spiro atoms. The molecular weight excluding hydrogens is 364 g/mol. The number of benzene rings is 2. The van der Waals surface area contributed by atoms with Gasteiger partial charge in [0.05, 0.1) is 0 Å². The minimum absolute atomic E-state index is 0.0199. The summed E-state index contributed by atoms with van der Waals surface area (Å²) in [5.41, 5.74) is 4.35. The summed E-state index contributed by atoms with van der Waals surface area (Å²) in [6, 6.07) is 14.5.